The molecule has 1 N–H and O–H groups in total. The first-order chi connectivity index (χ1) is 10.9. The molecule has 0 amide bonds. The van der Waals surface area contributed by atoms with Crippen LogP contribution in [0.2, 0.25) is 5.02 Å². The molecule has 23 heavy (non-hydrogen) atoms. The summed E-state index contributed by atoms with van der Waals surface area (Å²) in [6.45, 7) is 5.37. The van der Waals surface area contributed by atoms with Crippen molar-refractivity contribution in [3.05, 3.63) is 28.8 Å². The average Bonchev–Trinajstić information content (AvgIpc) is 2.50. The number of ether oxygens (including phenoxy) is 1. The van der Waals surface area contributed by atoms with Crippen molar-refractivity contribution in [3.8, 4) is 0 Å². The molecule has 2 aliphatic rings. The Labute approximate surface area is 143 Å². The molecule has 5 nitrogen and oxygen atoms in total. The zero-order valence-electron chi connectivity index (χ0n) is 13.3. The van der Waals surface area contributed by atoms with Crippen molar-refractivity contribution >= 4 is 21.6 Å². The summed E-state index contributed by atoms with van der Waals surface area (Å²) >= 11 is 6.06. The first-order valence-electron chi connectivity index (χ1n) is 8.02. The van der Waals surface area contributed by atoms with Crippen LogP contribution < -0.4 is 4.72 Å². The summed E-state index contributed by atoms with van der Waals surface area (Å²) in [5, 5.41) is 0.472. The number of morpholine rings is 1. The SMILES string of the molecule is Cc1c(Cl)cccc1S(=O)(=O)NCC1(N2CCOCC2)CCC1. The number of hydrogen-bond donors (Lipinski definition) is 1. The van der Waals surface area contributed by atoms with Crippen molar-refractivity contribution in [3.63, 3.8) is 0 Å². The molecule has 1 saturated carbocycles. The third-order valence-electron chi connectivity index (χ3n) is 5.06. The van der Waals surface area contributed by atoms with Gasteiger partial charge < -0.3 is 4.74 Å². The van der Waals surface area contributed by atoms with Gasteiger partial charge in [-0.25, -0.2) is 13.1 Å². The number of sulfonamides is 1. The molecule has 1 aromatic carbocycles. The smallest absolute Gasteiger partial charge is 0.240 e. The van der Waals surface area contributed by atoms with Crippen molar-refractivity contribution in [2.75, 3.05) is 32.8 Å². The maximum absolute atomic E-state index is 12.7. The molecule has 0 radical (unpaired) electrons. The normalized spacial score (nSPS) is 21.8. The Morgan fingerprint density at radius 3 is 2.61 bits per heavy atom. The van der Waals surface area contributed by atoms with Crippen LogP contribution in [-0.4, -0.2) is 51.7 Å². The second-order valence-corrected chi connectivity index (χ2v) is 8.51. The van der Waals surface area contributed by atoms with Gasteiger partial charge in [0.15, 0.2) is 0 Å². The van der Waals surface area contributed by atoms with Crippen LogP contribution in [-0.2, 0) is 14.8 Å². The van der Waals surface area contributed by atoms with Crippen molar-refractivity contribution in [2.24, 2.45) is 0 Å². The van der Waals surface area contributed by atoms with Crippen molar-refractivity contribution in [2.45, 2.75) is 36.6 Å². The number of hydrogen-bond acceptors (Lipinski definition) is 4. The highest BCUT2D eigenvalue weighted by atomic mass is 35.5. The zero-order valence-corrected chi connectivity index (χ0v) is 14.9. The van der Waals surface area contributed by atoms with Crippen molar-refractivity contribution in [1.29, 1.82) is 0 Å². The Bertz CT molecular complexity index is 668. The highest BCUT2D eigenvalue weighted by molar-refractivity contribution is 7.89. The van der Waals surface area contributed by atoms with Crippen LogP contribution in [0.3, 0.4) is 0 Å². The minimum absolute atomic E-state index is 0.0523. The fourth-order valence-electron chi connectivity index (χ4n) is 3.41. The van der Waals surface area contributed by atoms with Crippen LogP contribution >= 0.6 is 11.6 Å². The molecule has 0 aromatic heterocycles. The van der Waals surface area contributed by atoms with Gasteiger partial charge in [0.25, 0.3) is 0 Å². The lowest BCUT2D eigenvalue weighted by molar-refractivity contribution is -0.0527. The topological polar surface area (TPSA) is 58.6 Å². The molecule has 1 heterocycles. The molecule has 1 aliphatic carbocycles. The largest absolute Gasteiger partial charge is 0.379 e. The Balaban J connectivity index is 1.74. The van der Waals surface area contributed by atoms with E-state index in [-0.39, 0.29) is 10.4 Å². The van der Waals surface area contributed by atoms with Crippen LogP contribution in [0.25, 0.3) is 0 Å². The molecule has 0 bridgehead atoms. The van der Waals surface area contributed by atoms with Gasteiger partial charge in [-0.05, 0) is 43.9 Å². The van der Waals surface area contributed by atoms with Crippen molar-refractivity contribution < 1.29 is 13.2 Å². The van der Waals surface area contributed by atoms with Gasteiger partial charge in [-0.2, -0.15) is 0 Å². The van der Waals surface area contributed by atoms with Gasteiger partial charge >= 0.3 is 0 Å². The number of halogens is 1. The summed E-state index contributed by atoms with van der Waals surface area (Å²) in [5.74, 6) is 0. The van der Waals surface area contributed by atoms with Gasteiger partial charge in [0.2, 0.25) is 10.0 Å². The zero-order chi connectivity index (χ0) is 16.5. The highest BCUT2D eigenvalue weighted by Gasteiger charge is 2.43. The lowest BCUT2D eigenvalue weighted by Gasteiger charge is -2.51. The van der Waals surface area contributed by atoms with Crippen LogP contribution in [0.4, 0.5) is 0 Å². The third-order valence-corrected chi connectivity index (χ3v) is 7.02. The molecule has 0 spiro atoms. The van der Waals surface area contributed by atoms with E-state index in [9.17, 15) is 8.42 Å². The third kappa shape index (κ3) is 3.42. The van der Waals surface area contributed by atoms with Gasteiger partial charge in [-0.1, -0.05) is 17.7 Å². The lowest BCUT2D eigenvalue weighted by atomic mass is 9.75. The van der Waals surface area contributed by atoms with E-state index in [0.29, 0.717) is 17.1 Å². The van der Waals surface area contributed by atoms with E-state index in [2.05, 4.69) is 9.62 Å². The molecule has 0 unspecified atom stereocenters. The fourth-order valence-corrected chi connectivity index (χ4v) is 5.03. The maximum atomic E-state index is 12.7. The molecule has 3 rings (SSSR count). The Morgan fingerprint density at radius 1 is 1.30 bits per heavy atom. The molecule has 128 valence electrons. The van der Waals surface area contributed by atoms with Gasteiger partial charge in [0.05, 0.1) is 18.1 Å². The highest BCUT2D eigenvalue weighted by Crippen LogP contribution is 2.38. The Hall–Kier alpha value is -0.660. The van der Waals surface area contributed by atoms with Crippen LogP contribution in [0.5, 0.6) is 0 Å². The monoisotopic (exact) mass is 358 g/mol. The predicted molar refractivity (Wildman–Crippen MR) is 90.4 cm³/mol. The number of rotatable bonds is 5. The van der Waals surface area contributed by atoms with E-state index in [4.69, 9.17) is 16.3 Å². The molecular formula is C16H23ClN2O3S. The van der Waals surface area contributed by atoms with Gasteiger partial charge in [-0.3, -0.25) is 4.90 Å². The first-order valence-corrected chi connectivity index (χ1v) is 9.88. The minimum Gasteiger partial charge on any atom is -0.379 e. The van der Waals surface area contributed by atoms with E-state index in [1.807, 2.05) is 0 Å². The summed E-state index contributed by atoms with van der Waals surface area (Å²) in [4.78, 5) is 2.65. The molecule has 2 fully saturated rings. The first kappa shape index (κ1) is 17.2. The van der Waals surface area contributed by atoms with E-state index in [1.165, 1.54) is 0 Å². The molecular weight excluding hydrogens is 336 g/mol. The number of nitrogens with one attached hydrogen (secondary N) is 1. The maximum Gasteiger partial charge on any atom is 0.240 e. The van der Waals surface area contributed by atoms with Crippen LogP contribution in [0.15, 0.2) is 23.1 Å². The summed E-state index contributed by atoms with van der Waals surface area (Å²) in [6.07, 6.45) is 3.21. The van der Waals surface area contributed by atoms with Crippen LogP contribution in [0, 0.1) is 6.92 Å². The van der Waals surface area contributed by atoms with E-state index >= 15 is 0 Å². The summed E-state index contributed by atoms with van der Waals surface area (Å²) in [7, 11) is -3.55. The summed E-state index contributed by atoms with van der Waals surface area (Å²) in [5.41, 5.74) is 0.541. The van der Waals surface area contributed by atoms with E-state index < -0.39 is 10.0 Å². The lowest BCUT2D eigenvalue weighted by Crippen LogP contribution is -2.62. The van der Waals surface area contributed by atoms with Gasteiger partial charge in [-0.15, -0.1) is 0 Å². The molecule has 7 heteroatoms. The predicted octanol–water partition coefficient (Wildman–Crippen LogP) is 2.18. The second-order valence-electron chi connectivity index (χ2n) is 6.36. The fraction of sp³-hybridized carbons (Fsp3) is 0.625. The quantitative estimate of drug-likeness (QED) is 0.876. The van der Waals surface area contributed by atoms with E-state index in [0.717, 1.165) is 45.6 Å². The minimum atomic E-state index is -3.55. The Kier molecular flexibility index (Phi) is 4.99. The van der Waals surface area contributed by atoms with Gasteiger partial charge in [0, 0.05) is 30.2 Å². The van der Waals surface area contributed by atoms with Gasteiger partial charge in [0.1, 0.15) is 0 Å². The van der Waals surface area contributed by atoms with Crippen LogP contribution in [0.1, 0.15) is 24.8 Å². The summed E-state index contributed by atoms with van der Waals surface area (Å²) in [6, 6.07) is 4.98. The molecule has 1 saturated heterocycles. The average molecular weight is 359 g/mol. The standard InChI is InChI=1S/C16H23ClN2O3S/c1-13-14(17)4-2-5-15(13)23(20,21)18-12-16(6-3-7-16)19-8-10-22-11-9-19/h2,4-5,18H,3,6-12H2,1H3. The number of nitrogens with zero attached hydrogens (tertiary/aromatic N) is 1. The van der Waals surface area contributed by atoms with E-state index in [1.54, 1.807) is 25.1 Å². The second kappa shape index (κ2) is 6.69. The Morgan fingerprint density at radius 2 is 2.00 bits per heavy atom. The van der Waals surface area contributed by atoms with Crippen molar-refractivity contribution in [1.82, 2.24) is 9.62 Å². The molecule has 1 aliphatic heterocycles. The molecule has 1 aromatic rings. The summed E-state index contributed by atoms with van der Waals surface area (Å²) < 4.78 is 33.6. The molecule has 0 atom stereocenters. The number of benzene rings is 1.